The van der Waals surface area contributed by atoms with Crippen LogP contribution >= 0.6 is 0 Å². The zero-order valence-corrected chi connectivity index (χ0v) is 20.1. The van der Waals surface area contributed by atoms with Gasteiger partial charge in [-0.15, -0.1) is 0 Å². The number of hydrogen-bond donors (Lipinski definition) is 0. The second-order valence-corrected chi connectivity index (χ2v) is 11.7. The molecule has 5 aliphatic rings. The van der Waals surface area contributed by atoms with Crippen molar-refractivity contribution in [2.75, 3.05) is 14.1 Å². The highest BCUT2D eigenvalue weighted by Gasteiger charge is 2.66. The van der Waals surface area contributed by atoms with Crippen LogP contribution in [0.3, 0.4) is 0 Å². The zero-order valence-electron chi connectivity index (χ0n) is 20.1. The van der Waals surface area contributed by atoms with Gasteiger partial charge in [-0.05, 0) is 98.0 Å². The standard InChI is InChI=1S/C30H34N2O/c1-28-12-10-24-17-23-6-7-25(32(2)3)18-29(23)13-14-30(24,33-29)27(28)9-8-26(28)21-4-5-22-19-31-15-11-20(22)16-21/h4-7,10-11,15-17,19,25-27H,8-9,12-14,18H2,1-3H3/t25-,26-,27-,28-,29-,30-/m1/s1. The summed E-state index contributed by atoms with van der Waals surface area (Å²) < 4.78 is 7.37. The molecule has 0 N–H and O–H groups in total. The van der Waals surface area contributed by atoms with Crippen LogP contribution in [0.5, 0.6) is 0 Å². The highest BCUT2D eigenvalue weighted by Crippen LogP contribution is 2.69. The van der Waals surface area contributed by atoms with Gasteiger partial charge in [0.1, 0.15) is 0 Å². The van der Waals surface area contributed by atoms with Gasteiger partial charge in [-0.3, -0.25) is 4.98 Å². The third-order valence-electron chi connectivity index (χ3n) is 10.0. The average Bonchev–Trinajstić information content (AvgIpc) is 3.33. The molecule has 1 saturated carbocycles. The Morgan fingerprint density at radius 3 is 2.85 bits per heavy atom. The lowest BCUT2D eigenvalue weighted by atomic mass is 9.58. The molecule has 0 radical (unpaired) electrons. The maximum atomic E-state index is 7.37. The van der Waals surface area contributed by atoms with Crippen molar-refractivity contribution in [2.24, 2.45) is 11.3 Å². The highest BCUT2D eigenvalue weighted by molar-refractivity contribution is 5.82. The van der Waals surface area contributed by atoms with Crippen molar-refractivity contribution in [3.05, 3.63) is 77.7 Å². The molecule has 1 saturated heterocycles. The number of nitrogens with zero attached hydrogens (tertiary/aromatic N) is 2. The van der Waals surface area contributed by atoms with Gasteiger partial charge in [0.25, 0.3) is 0 Å². The van der Waals surface area contributed by atoms with Crippen LogP contribution in [0.25, 0.3) is 10.8 Å². The Balaban J connectivity index is 1.29. The second kappa shape index (κ2) is 6.67. The highest BCUT2D eigenvalue weighted by atomic mass is 16.5. The monoisotopic (exact) mass is 438 g/mol. The minimum atomic E-state index is -0.0900. The molecule has 2 spiro atoms. The first kappa shape index (κ1) is 20.2. The molecule has 2 aliphatic heterocycles. The van der Waals surface area contributed by atoms with E-state index in [9.17, 15) is 0 Å². The van der Waals surface area contributed by atoms with Crippen LogP contribution in [0, 0.1) is 11.3 Å². The Bertz CT molecular complexity index is 1240. The summed E-state index contributed by atoms with van der Waals surface area (Å²) in [5, 5.41) is 2.54. The Morgan fingerprint density at radius 1 is 1.06 bits per heavy atom. The van der Waals surface area contributed by atoms with Crippen LogP contribution in [0.4, 0.5) is 0 Å². The molecule has 3 heterocycles. The van der Waals surface area contributed by atoms with E-state index < -0.39 is 0 Å². The lowest BCUT2D eigenvalue weighted by molar-refractivity contribution is -0.132. The summed E-state index contributed by atoms with van der Waals surface area (Å²) in [6.45, 7) is 2.56. The third-order valence-corrected chi connectivity index (χ3v) is 10.0. The predicted octanol–water partition coefficient (Wildman–Crippen LogP) is 6.18. The number of rotatable bonds is 2. The van der Waals surface area contributed by atoms with Gasteiger partial charge in [0.15, 0.2) is 0 Å². The van der Waals surface area contributed by atoms with Crippen molar-refractivity contribution >= 4 is 10.8 Å². The molecule has 2 fully saturated rings. The fraction of sp³-hybridized carbons (Fsp3) is 0.500. The summed E-state index contributed by atoms with van der Waals surface area (Å²) in [6.07, 6.45) is 20.8. The van der Waals surface area contributed by atoms with E-state index in [4.69, 9.17) is 4.74 Å². The molecule has 3 aliphatic carbocycles. The van der Waals surface area contributed by atoms with Crippen molar-refractivity contribution in [1.29, 1.82) is 0 Å². The number of fused-ring (bicyclic) bond motifs is 2. The van der Waals surface area contributed by atoms with Crippen molar-refractivity contribution in [2.45, 2.75) is 68.6 Å². The van der Waals surface area contributed by atoms with E-state index in [1.54, 1.807) is 0 Å². The third kappa shape index (κ3) is 2.61. The van der Waals surface area contributed by atoms with Crippen molar-refractivity contribution in [3.63, 3.8) is 0 Å². The van der Waals surface area contributed by atoms with E-state index in [-0.39, 0.29) is 16.6 Å². The molecule has 33 heavy (non-hydrogen) atoms. The molecule has 0 unspecified atom stereocenters. The van der Waals surface area contributed by atoms with Gasteiger partial charge in [0.2, 0.25) is 0 Å². The number of ether oxygens (including phenoxy) is 1. The maximum Gasteiger partial charge on any atom is 0.0975 e. The molecule has 6 atom stereocenters. The summed E-state index contributed by atoms with van der Waals surface area (Å²) >= 11 is 0. The quantitative estimate of drug-likeness (QED) is 0.560. The van der Waals surface area contributed by atoms with E-state index in [2.05, 4.69) is 79.5 Å². The van der Waals surface area contributed by atoms with Gasteiger partial charge in [0.05, 0.1) is 11.2 Å². The van der Waals surface area contributed by atoms with Gasteiger partial charge >= 0.3 is 0 Å². The van der Waals surface area contributed by atoms with Gasteiger partial charge < -0.3 is 9.64 Å². The first-order valence-electron chi connectivity index (χ1n) is 12.7. The molecule has 2 aromatic rings. The fourth-order valence-electron chi connectivity index (χ4n) is 8.26. The normalized spacial score (nSPS) is 40.9. The van der Waals surface area contributed by atoms with Gasteiger partial charge in [-0.25, -0.2) is 0 Å². The molecular formula is C30H34N2O. The number of likely N-dealkylation sites (N-methyl/N-ethyl adjacent to an activating group) is 1. The number of hydrogen-bond acceptors (Lipinski definition) is 3. The largest absolute Gasteiger partial charge is 0.359 e. The van der Waals surface area contributed by atoms with E-state index >= 15 is 0 Å². The fourth-order valence-corrected chi connectivity index (χ4v) is 8.26. The smallest absolute Gasteiger partial charge is 0.0975 e. The van der Waals surface area contributed by atoms with Crippen LogP contribution in [-0.4, -0.2) is 41.2 Å². The predicted molar refractivity (Wildman–Crippen MR) is 133 cm³/mol. The van der Waals surface area contributed by atoms with Crippen LogP contribution < -0.4 is 0 Å². The van der Waals surface area contributed by atoms with Crippen LogP contribution in [0.15, 0.2) is 72.1 Å². The summed E-state index contributed by atoms with van der Waals surface area (Å²) in [6, 6.07) is 9.67. The van der Waals surface area contributed by atoms with Crippen LogP contribution in [-0.2, 0) is 4.74 Å². The number of benzene rings is 1. The second-order valence-electron chi connectivity index (χ2n) is 11.7. The van der Waals surface area contributed by atoms with Gasteiger partial charge in [-0.1, -0.05) is 49.4 Å². The molecule has 3 heteroatoms. The molecular weight excluding hydrogens is 404 g/mol. The number of aromatic nitrogens is 1. The Kier molecular flexibility index (Phi) is 4.08. The lowest BCUT2D eigenvalue weighted by Crippen LogP contribution is -2.54. The molecule has 7 rings (SSSR count). The SMILES string of the molecule is CN(C)[C@@H]1C=CC2=CC3=CC[C@]4(C)[C@@H](c5ccc6cnccc6c5)CC[C@H]4[C@@]34CC[C@]2(C1)O4. The van der Waals surface area contributed by atoms with E-state index in [1.165, 1.54) is 46.7 Å². The van der Waals surface area contributed by atoms with Crippen molar-refractivity contribution in [1.82, 2.24) is 9.88 Å². The summed E-state index contributed by atoms with van der Waals surface area (Å²) in [5.74, 6) is 1.17. The zero-order chi connectivity index (χ0) is 22.4. The summed E-state index contributed by atoms with van der Waals surface area (Å²) in [4.78, 5) is 6.64. The first-order valence-corrected chi connectivity index (χ1v) is 12.7. The summed E-state index contributed by atoms with van der Waals surface area (Å²) in [7, 11) is 4.39. The Hall–Kier alpha value is -2.23. The van der Waals surface area contributed by atoms with Crippen molar-refractivity contribution in [3.8, 4) is 0 Å². The van der Waals surface area contributed by atoms with E-state index in [1.807, 2.05) is 12.4 Å². The Morgan fingerprint density at radius 2 is 1.97 bits per heavy atom. The van der Waals surface area contributed by atoms with Crippen LogP contribution in [0.1, 0.15) is 56.9 Å². The van der Waals surface area contributed by atoms with E-state index in [0.717, 1.165) is 19.3 Å². The van der Waals surface area contributed by atoms with Crippen LogP contribution in [0.2, 0.25) is 0 Å². The first-order chi connectivity index (χ1) is 15.9. The molecule has 1 aromatic carbocycles. The van der Waals surface area contributed by atoms with Crippen molar-refractivity contribution < 1.29 is 4.74 Å². The van der Waals surface area contributed by atoms with Gasteiger partial charge in [0, 0.05) is 23.8 Å². The Labute approximate surface area is 197 Å². The molecule has 2 bridgehead atoms. The van der Waals surface area contributed by atoms with Gasteiger partial charge in [-0.2, -0.15) is 0 Å². The minimum Gasteiger partial charge on any atom is -0.359 e. The average molecular weight is 439 g/mol. The molecule has 3 nitrogen and oxygen atoms in total. The maximum absolute atomic E-state index is 7.37. The molecule has 0 amide bonds. The minimum absolute atomic E-state index is 0.0892. The van der Waals surface area contributed by atoms with E-state index in [0.29, 0.717) is 17.9 Å². The number of pyridine rings is 1. The molecule has 1 aromatic heterocycles. The lowest BCUT2D eigenvalue weighted by Gasteiger charge is -2.54. The molecule has 170 valence electrons. The number of allylic oxidation sites excluding steroid dienone is 1. The summed E-state index contributed by atoms with van der Waals surface area (Å²) in [5.41, 5.74) is 4.46. The topological polar surface area (TPSA) is 25.4 Å².